The van der Waals surface area contributed by atoms with E-state index < -0.39 is 18.0 Å². The molecule has 1 heterocycles. The molecule has 0 saturated heterocycles. The summed E-state index contributed by atoms with van der Waals surface area (Å²) in [5.41, 5.74) is 5.98. The summed E-state index contributed by atoms with van der Waals surface area (Å²) in [4.78, 5) is 49.1. The molecule has 0 radical (unpaired) electrons. The van der Waals surface area contributed by atoms with Crippen LogP contribution in [0.4, 0.5) is 0 Å². The summed E-state index contributed by atoms with van der Waals surface area (Å²) in [5.74, 6) is -2.09. The number of amides is 3. The van der Waals surface area contributed by atoms with E-state index in [2.05, 4.69) is 0 Å². The van der Waals surface area contributed by atoms with Crippen molar-refractivity contribution in [1.29, 1.82) is 0 Å². The Bertz CT molecular complexity index is 871. The molecule has 2 N–H and O–H groups in total. The number of benzene rings is 2. The van der Waals surface area contributed by atoms with E-state index in [1.165, 1.54) is 6.92 Å². The molecule has 2 aromatic carbocycles. The van der Waals surface area contributed by atoms with Gasteiger partial charge in [0.05, 0.1) is 0 Å². The van der Waals surface area contributed by atoms with Crippen LogP contribution >= 0.6 is 0 Å². The Kier molecular flexibility index (Phi) is 4.71. The number of hydrogen-bond donors (Lipinski definition) is 1. The van der Waals surface area contributed by atoms with Crippen LogP contribution in [0.3, 0.4) is 0 Å². The minimum absolute atomic E-state index is 0.0273. The van der Waals surface area contributed by atoms with Gasteiger partial charge in [-0.25, -0.2) is 0 Å². The van der Waals surface area contributed by atoms with Gasteiger partial charge in [-0.05, 0) is 30.9 Å². The molecule has 1 aliphatic heterocycles. The van der Waals surface area contributed by atoms with Crippen molar-refractivity contribution < 1.29 is 23.9 Å². The Morgan fingerprint density at radius 2 is 1.65 bits per heavy atom. The summed E-state index contributed by atoms with van der Waals surface area (Å²) >= 11 is 0. The van der Waals surface area contributed by atoms with Crippen molar-refractivity contribution in [2.75, 3.05) is 6.54 Å². The van der Waals surface area contributed by atoms with E-state index >= 15 is 0 Å². The number of imide groups is 1. The van der Waals surface area contributed by atoms with E-state index in [9.17, 15) is 19.2 Å². The van der Waals surface area contributed by atoms with Crippen molar-refractivity contribution in [1.82, 2.24) is 4.90 Å². The lowest BCUT2D eigenvalue weighted by atomic mass is 9.94. The molecule has 7 nitrogen and oxygen atoms in total. The SMILES string of the molecule is C[C@@H](OC(=O)CCCN1C(=O)c2cccc3cccc(c23)C1=O)C(N)=O. The van der Waals surface area contributed by atoms with Gasteiger partial charge in [0.1, 0.15) is 0 Å². The molecule has 3 rings (SSSR count). The maximum atomic E-state index is 12.7. The lowest BCUT2D eigenvalue weighted by Gasteiger charge is -2.27. The fourth-order valence-electron chi connectivity index (χ4n) is 2.98. The molecule has 0 aliphatic carbocycles. The molecule has 26 heavy (non-hydrogen) atoms. The first kappa shape index (κ1) is 17.6. The molecule has 1 atom stereocenters. The van der Waals surface area contributed by atoms with Gasteiger partial charge in [-0.1, -0.05) is 24.3 Å². The summed E-state index contributed by atoms with van der Waals surface area (Å²) in [6.45, 7) is 1.47. The minimum atomic E-state index is -1.01. The van der Waals surface area contributed by atoms with Crippen LogP contribution in [0.25, 0.3) is 10.8 Å². The Labute approximate surface area is 149 Å². The molecule has 0 spiro atoms. The molecule has 1 aliphatic rings. The first-order chi connectivity index (χ1) is 12.4. The summed E-state index contributed by atoms with van der Waals surface area (Å²) < 4.78 is 4.86. The Balaban J connectivity index is 1.71. The number of carbonyl (C=O) groups is 4. The number of carbonyl (C=O) groups excluding carboxylic acids is 4. The highest BCUT2D eigenvalue weighted by Gasteiger charge is 2.32. The second-order valence-electron chi connectivity index (χ2n) is 6.11. The Morgan fingerprint density at radius 3 is 2.19 bits per heavy atom. The van der Waals surface area contributed by atoms with Crippen molar-refractivity contribution in [3.63, 3.8) is 0 Å². The van der Waals surface area contributed by atoms with Crippen LogP contribution in [0.5, 0.6) is 0 Å². The van der Waals surface area contributed by atoms with Gasteiger partial charge in [0, 0.05) is 29.5 Å². The van der Waals surface area contributed by atoms with Crippen LogP contribution in [-0.2, 0) is 14.3 Å². The van der Waals surface area contributed by atoms with Crippen LogP contribution in [-0.4, -0.2) is 41.2 Å². The van der Waals surface area contributed by atoms with Gasteiger partial charge in [0.2, 0.25) is 0 Å². The minimum Gasteiger partial charge on any atom is -0.453 e. The number of rotatable bonds is 6. The second kappa shape index (κ2) is 6.95. The fraction of sp³-hybridized carbons (Fsp3) is 0.263. The highest BCUT2D eigenvalue weighted by molar-refractivity contribution is 6.25. The summed E-state index contributed by atoms with van der Waals surface area (Å²) in [6, 6.07) is 10.6. The maximum Gasteiger partial charge on any atom is 0.306 e. The van der Waals surface area contributed by atoms with Crippen LogP contribution in [0.15, 0.2) is 36.4 Å². The maximum absolute atomic E-state index is 12.7. The zero-order valence-corrected chi connectivity index (χ0v) is 14.2. The van der Waals surface area contributed by atoms with E-state index in [-0.39, 0.29) is 31.2 Å². The largest absolute Gasteiger partial charge is 0.453 e. The third kappa shape index (κ3) is 3.15. The van der Waals surface area contributed by atoms with Crippen molar-refractivity contribution >= 4 is 34.5 Å². The molecule has 0 fully saturated rings. The van der Waals surface area contributed by atoms with Crippen molar-refractivity contribution in [3.8, 4) is 0 Å². The molecular formula is C19H18N2O5. The molecule has 2 aromatic rings. The smallest absolute Gasteiger partial charge is 0.306 e. The fourth-order valence-corrected chi connectivity index (χ4v) is 2.98. The standard InChI is InChI=1S/C19H18N2O5/c1-11(17(20)23)26-15(22)9-4-10-21-18(24)13-7-2-5-12-6-3-8-14(16(12)13)19(21)25/h2-3,5-8,11H,4,9-10H2,1H3,(H2,20,23)/t11-/m1/s1. The highest BCUT2D eigenvalue weighted by Crippen LogP contribution is 2.30. The van der Waals surface area contributed by atoms with Crippen LogP contribution in [0, 0.1) is 0 Å². The monoisotopic (exact) mass is 354 g/mol. The Morgan fingerprint density at radius 1 is 1.08 bits per heavy atom. The lowest BCUT2D eigenvalue weighted by molar-refractivity contribution is -0.153. The van der Waals surface area contributed by atoms with Gasteiger partial charge in [0.25, 0.3) is 17.7 Å². The van der Waals surface area contributed by atoms with Crippen LogP contribution < -0.4 is 5.73 Å². The molecular weight excluding hydrogens is 336 g/mol. The number of primary amides is 1. The van der Waals surface area contributed by atoms with Gasteiger partial charge in [-0.2, -0.15) is 0 Å². The van der Waals surface area contributed by atoms with E-state index in [1.807, 2.05) is 12.1 Å². The third-order valence-corrected chi connectivity index (χ3v) is 4.33. The first-order valence-corrected chi connectivity index (χ1v) is 8.27. The van der Waals surface area contributed by atoms with Crippen LogP contribution in [0.1, 0.15) is 40.5 Å². The summed E-state index contributed by atoms with van der Waals surface area (Å²) in [7, 11) is 0. The average molecular weight is 354 g/mol. The molecule has 7 heteroatoms. The molecule has 3 amide bonds. The van der Waals surface area contributed by atoms with Gasteiger partial charge in [-0.15, -0.1) is 0 Å². The van der Waals surface area contributed by atoms with E-state index in [4.69, 9.17) is 10.5 Å². The average Bonchev–Trinajstić information content (AvgIpc) is 2.62. The Hall–Kier alpha value is -3.22. The number of esters is 1. The van der Waals surface area contributed by atoms with Gasteiger partial charge in [-0.3, -0.25) is 24.1 Å². The highest BCUT2D eigenvalue weighted by atomic mass is 16.5. The predicted molar refractivity (Wildman–Crippen MR) is 93.3 cm³/mol. The normalized spacial score (nSPS) is 14.4. The summed E-state index contributed by atoms with van der Waals surface area (Å²) in [5, 5.41) is 1.50. The molecule has 0 bridgehead atoms. The first-order valence-electron chi connectivity index (χ1n) is 8.27. The van der Waals surface area contributed by atoms with E-state index in [0.29, 0.717) is 16.5 Å². The molecule has 0 saturated carbocycles. The van der Waals surface area contributed by atoms with E-state index in [0.717, 1.165) is 10.3 Å². The predicted octanol–water partition coefficient (Wildman–Crippen LogP) is 1.63. The number of nitrogens with two attached hydrogens (primary N) is 1. The van der Waals surface area contributed by atoms with Crippen molar-refractivity contribution in [2.24, 2.45) is 5.73 Å². The summed E-state index contributed by atoms with van der Waals surface area (Å²) in [6.07, 6.45) is -0.800. The van der Waals surface area contributed by atoms with E-state index in [1.54, 1.807) is 24.3 Å². The zero-order valence-electron chi connectivity index (χ0n) is 14.2. The number of nitrogens with zero attached hydrogens (tertiary/aromatic N) is 1. The van der Waals surface area contributed by atoms with Crippen molar-refractivity contribution in [2.45, 2.75) is 25.9 Å². The van der Waals surface area contributed by atoms with Crippen molar-refractivity contribution in [3.05, 3.63) is 47.5 Å². The topological polar surface area (TPSA) is 107 Å². The van der Waals surface area contributed by atoms with Gasteiger partial charge < -0.3 is 10.5 Å². The van der Waals surface area contributed by atoms with Gasteiger partial charge >= 0.3 is 5.97 Å². The molecule has 0 unspecified atom stereocenters. The van der Waals surface area contributed by atoms with Crippen LogP contribution in [0.2, 0.25) is 0 Å². The quantitative estimate of drug-likeness (QED) is 0.627. The third-order valence-electron chi connectivity index (χ3n) is 4.33. The molecule has 134 valence electrons. The number of hydrogen-bond acceptors (Lipinski definition) is 5. The zero-order chi connectivity index (χ0) is 18.8. The van der Waals surface area contributed by atoms with Gasteiger partial charge in [0.15, 0.2) is 6.10 Å². The second-order valence-corrected chi connectivity index (χ2v) is 6.11. The lowest BCUT2D eigenvalue weighted by Crippen LogP contribution is -2.41. The molecule has 0 aromatic heterocycles. The number of ether oxygens (including phenoxy) is 1.